The molecule has 7 aromatic rings. The predicted molar refractivity (Wildman–Crippen MR) is 324 cm³/mol. The van der Waals surface area contributed by atoms with Gasteiger partial charge >= 0.3 is 0 Å². The molecule has 84 heavy (non-hydrogen) atoms. The highest BCUT2D eigenvalue weighted by Gasteiger charge is 2.44. The Balaban J connectivity index is 0.601. The van der Waals surface area contributed by atoms with E-state index in [1.54, 1.807) is 16.0 Å². The third-order valence-electron chi connectivity index (χ3n) is 18.0. The monoisotopic (exact) mass is 1160 g/mol. The lowest BCUT2D eigenvalue weighted by molar-refractivity contribution is -0.141. The van der Waals surface area contributed by atoms with Crippen LogP contribution in [0.3, 0.4) is 0 Å². The Bertz CT molecular complexity index is 3470. The first kappa shape index (κ1) is 58.7. The summed E-state index contributed by atoms with van der Waals surface area (Å²) in [7, 11) is 1.82. The number of hydrogen-bond acceptors (Lipinski definition) is 15. The molecular weight excluding hydrogens is 1080 g/mol. The Morgan fingerprint density at radius 3 is 2.26 bits per heavy atom. The minimum Gasteiger partial charge on any atom is -0.391 e. The second-order valence-corrected chi connectivity index (χ2v) is 25.5. The van der Waals surface area contributed by atoms with E-state index in [1.165, 1.54) is 15.8 Å². The summed E-state index contributed by atoms with van der Waals surface area (Å²) in [5.74, 6) is 1.21. The fraction of sp³-hybridized carbons (Fsp3) is 0.500. The average molecular weight is 1160 g/mol. The Kier molecular flexibility index (Phi) is 17.6. The normalized spacial score (nSPS) is 19.9. The number of aryl methyl sites for hydroxylation is 2. The fourth-order valence-electron chi connectivity index (χ4n) is 13.0. The number of aliphatic hydroxyl groups excluding tert-OH is 1. The Morgan fingerprint density at radius 1 is 0.857 bits per heavy atom. The molecule has 20 heteroatoms. The van der Waals surface area contributed by atoms with E-state index in [-0.39, 0.29) is 66.2 Å². The zero-order valence-corrected chi connectivity index (χ0v) is 50.0. The van der Waals surface area contributed by atoms with Crippen LogP contribution in [-0.4, -0.2) is 149 Å². The summed E-state index contributed by atoms with van der Waals surface area (Å²) in [6, 6.07) is 27.2. The number of likely N-dealkylation sites (tertiary alicyclic amines) is 3. The summed E-state index contributed by atoms with van der Waals surface area (Å²) >= 11 is 1.60. The molecule has 0 saturated carbocycles. The number of carbonyl (C=O) groups is 3. The smallest absolute Gasteiger partial charge is 0.281 e. The van der Waals surface area contributed by atoms with Crippen LogP contribution in [0, 0.1) is 24.7 Å². The zero-order valence-electron chi connectivity index (χ0n) is 49.2. The molecule has 0 spiro atoms. The van der Waals surface area contributed by atoms with Crippen molar-refractivity contribution in [2.75, 3.05) is 63.8 Å². The summed E-state index contributed by atoms with van der Waals surface area (Å²) in [4.78, 5) is 73.5. The lowest BCUT2D eigenvalue weighted by Crippen LogP contribution is -2.52. The second-order valence-electron chi connectivity index (χ2n) is 24.6. The molecule has 0 bridgehead atoms. The van der Waals surface area contributed by atoms with E-state index in [0.29, 0.717) is 55.5 Å². The van der Waals surface area contributed by atoms with Gasteiger partial charge in [0.1, 0.15) is 17.5 Å². The van der Waals surface area contributed by atoms with Crippen LogP contribution in [0.25, 0.3) is 32.7 Å². The summed E-state index contributed by atoms with van der Waals surface area (Å²) in [5, 5.41) is 38.2. The standard InChI is InChI=1S/C64H80N12O7S/c1-40(2)56(62(80)76-36-51(77)29-52(76)61(79)68-42(4)48-16-18-50(19-17-48)60-43(5)67-39-84-60)53-30-54(70-83-53)73-24-20-45(21-25-73)33-72-34-46(35-72)32-65-31-44-12-14-49(15-13-44)59-57-58(69-71(59)6)63(81)75(38-66-57)37-64(82)22-26-74(27-23-64)55(78)28-41(3)47-10-8-7-9-11-47/h7-19,30,38-42,45-46,51-52,56,65,77,82H,20-29,31-37H2,1-6H3,(H,68,79)/t41-,42+,51-,52+,56-/m1/s1. The van der Waals surface area contributed by atoms with Gasteiger partial charge in [-0.05, 0) is 85.5 Å². The minimum atomic E-state index is -1.14. The van der Waals surface area contributed by atoms with Gasteiger partial charge in [0.2, 0.25) is 17.7 Å². The average Bonchev–Trinajstić information content (AvgIpc) is 3.55. The molecule has 0 aliphatic carbocycles. The van der Waals surface area contributed by atoms with Crippen LogP contribution in [-0.2, 0) is 34.5 Å². The van der Waals surface area contributed by atoms with Gasteiger partial charge in [0.15, 0.2) is 17.1 Å². The van der Waals surface area contributed by atoms with Crippen molar-refractivity contribution in [3.05, 3.63) is 135 Å². The highest BCUT2D eigenvalue weighted by Crippen LogP contribution is 2.36. The molecule has 19 nitrogen and oxygen atoms in total. The van der Waals surface area contributed by atoms with E-state index in [9.17, 15) is 29.4 Å². The van der Waals surface area contributed by atoms with E-state index >= 15 is 0 Å². The first-order valence-corrected chi connectivity index (χ1v) is 30.9. The number of anilines is 1. The third-order valence-corrected chi connectivity index (χ3v) is 19.0. The lowest BCUT2D eigenvalue weighted by Gasteiger charge is -2.43. The number of carbonyl (C=O) groups excluding carboxylic acids is 3. The van der Waals surface area contributed by atoms with E-state index in [1.807, 2.05) is 106 Å². The largest absolute Gasteiger partial charge is 0.391 e. The van der Waals surface area contributed by atoms with Crippen molar-refractivity contribution in [3.63, 3.8) is 0 Å². The number of β-amino-alcohol motifs (C(OH)–C–C–N with tert-alkyl or cyclic N) is 1. The predicted octanol–water partition coefficient (Wildman–Crippen LogP) is 7.28. The maximum atomic E-state index is 14.4. The Labute approximate surface area is 495 Å². The second kappa shape index (κ2) is 25.2. The Morgan fingerprint density at radius 2 is 1.57 bits per heavy atom. The number of nitrogens with zero attached hydrogens (tertiary/aromatic N) is 10. The Hall–Kier alpha value is -7.10. The quantitative estimate of drug-likeness (QED) is 0.0590. The van der Waals surface area contributed by atoms with E-state index in [0.717, 1.165) is 109 Å². The SMILES string of the molecule is Cc1ncsc1-c1ccc([C@H](C)NC(=O)[C@@H]2C[C@@H](O)CN2C(=O)[C@@H](c2cc(N3CCC(CN4CC(CNCc5ccc(-c6c7ncn(CC8(O)CCN(C(=O)C[C@@H](C)c9ccccc9)CC8)c(=O)c7nn6C)cc5)C4)CC3)no2)C(C)C)cc1. The minimum absolute atomic E-state index is 0.0760. The molecular formula is C64H80N12O7S. The van der Waals surface area contributed by atoms with E-state index < -0.39 is 23.7 Å². The van der Waals surface area contributed by atoms with Crippen molar-refractivity contribution in [2.24, 2.45) is 24.8 Å². The number of rotatable bonds is 20. The van der Waals surface area contributed by atoms with E-state index in [4.69, 9.17) is 9.51 Å². The van der Waals surface area contributed by atoms with Crippen LogP contribution in [0.15, 0.2) is 106 Å². The van der Waals surface area contributed by atoms with Crippen LogP contribution >= 0.6 is 11.3 Å². The van der Waals surface area contributed by atoms with Gasteiger partial charge in [-0.3, -0.25) is 28.4 Å². The first-order valence-electron chi connectivity index (χ1n) is 30.0. The number of nitrogens with one attached hydrogen (secondary N) is 2. The van der Waals surface area contributed by atoms with Crippen molar-refractivity contribution in [3.8, 4) is 21.7 Å². The van der Waals surface area contributed by atoms with Gasteiger partial charge in [-0.25, -0.2) is 9.97 Å². The topological polar surface area (TPSA) is 220 Å². The zero-order chi connectivity index (χ0) is 58.8. The van der Waals surface area contributed by atoms with Crippen molar-refractivity contribution in [1.29, 1.82) is 0 Å². The molecule has 5 atom stereocenters. The van der Waals surface area contributed by atoms with Gasteiger partial charge in [0.05, 0.1) is 52.4 Å². The van der Waals surface area contributed by atoms with Gasteiger partial charge in [-0.2, -0.15) is 5.10 Å². The summed E-state index contributed by atoms with van der Waals surface area (Å²) in [6.07, 6.45) is 4.09. The van der Waals surface area contributed by atoms with Gasteiger partial charge in [0.25, 0.3) is 5.56 Å². The maximum absolute atomic E-state index is 14.4. The van der Waals surface area contributed by atoms with Crippen molar-refractivity contribution in [1.82, 2.24) is 54.8 Å². The first-order chi connectivity index (χ1) is 40.5. The maximum Gasteiger partial charge on any atom is 0.281 e. The molecule has 4 aliphatic rings. The molecule has 4 aromatic heterocycles. The summed E-state index contributed by atoms with van der Waals surface area (Å²) in [5.41, 5.74) is 8.12. The number of fused-ring (bicyclic) bond motifs is 1. The van der Waals surface area contributed by atoms with Gasteiger partial charge in [-0.15, -0.1) is 11.3 Å². The number of piperidine rings is 2. The molecule has 8 heterocycles. The molecule has 0 radical (unpaired) electrons. The van der Waals surface area contributed by atoms with Crippen molar-refractivity contribution in [2.45, 2.75) is 122 Å². The number of thiazole rings is 1. The van der Waals surface area contributed by atoms with Crippen molar-refractivity contribution < 1.29 is 29.1 Å². The highest BCUT2D eigenvalue weighted by atomic mass is 32.1. The molecule has 0 unspecified atom stereocenters. The molecule has 4 saturated heterocycles. The van der Waals surface area contributed by atoms with Crippen molar-refractivity contribution >= 4 is 45.9 Å². The molecule has 444 valence electrons. The summed E-state index contributed by atoms with van der Waals surface area (Å²) in [6.45, 7) is 17.5. The van der Waals surface area contributed by atoms with Gasteiger partial charge in [0, 0.05) is 97.0 Å². The molecule has 11 rings (SSSR count). The van der Waals surface area contributed by atoms with Crippen LogP contribution in [0.2, 0.25) is 0 Å². The number of aromatic nitrogens is 6. The van der Waals surface area contributed by atoms with Crippen LogP contribution in [0.5, 0.6) is 0 Å². The number of amides is 3. The van der Waals surface area contributed by atoms with Crippen LogP contribution < -0.4 is 21.1 Å². The van der Waals surface area contributed by atoms with E-state index in [2.05, 4.69) is 66.9 Å². The van der Waals surface area contributed by atoms with Crippen LogP contribution in [0.1, 0.15) is 112 Å². The van der Waals surface area contributed by atoms with Gasteiger partial charge < -0.3 is 45.0 Å². The molecule has 3 amide bonds. The molecule has 3 aromatic carbocycles. The molecule has 4 aliphatic heterocycles. The fourth-order valence-corrected chi connectivity index (χ4v) is 13.8. The molecule has 4 N–H and O–H groups in total. The number of hydrogen-bond donors (Lipinski definition) is 4. The summed E-state index contributed by atoms with van der Waals surface area (Å²) < 4.78 is 9.10. The van der Waals surface area contributed by atoms with Gasteiger partial charge in [-0.1, -0.05) is 105 Å². The number of benzene rings is 3. The highest BCUT2D eigenvalue weighted by molar-refractivity contribution is 7.13. The third kappa shape index (κ3) is 12.9. The lowest BCUT2D eigenvalue weighted by atomic mass is 9.90. The number of aliphatic hydroxyl groups is 2. The molecule has 4 fully saturated rings. The van der Waals surface area contributed by atoms with Crippen LogP contribution in [0.4, 0.5) is 5.82 Å².